The first-order chi connectivity index (χ1) is 8.63. The summed E-state index contributed by atoms with van der Waals surface area (Å²) in [5.41, 5.74) is 0.733. The lowest BCUT2D eigenvalue weighted by molar-refractivity contribution is 0.119. The van der Waals surface area contributed by atoms with Crippen molar-refractivity contribution in [3.8, 4) is 0 Å². The molecule has 0 aliphatic heterocycles. The van der Waals surface area contributed by atoms with Gasteiger partial charge in [0.05, 0.1) is 6.61 Å². The number of benzene rings is 1. The molecule has 100 valence electrons. The maximum atomic E-state index is 13.3. The molecule has 1 aliphatic carbocycles. The number of rotatable bonds is 4. The van der Waals surface area contributed by atoms with Gasteiger partial charge in [0.15, 0.2) is 0 Å². The summed E-state index contributed by atoms with van der Waals surface area (Å²) in [7, 11) is 0. The Morgan fingerprint density at radius 3 is 2.56 bits per heavy atom. The second-order valence-electron chi connectivity index (χ2n) is 5.13. The number of halogens is 2. The molecular formula is C14H19BrFNO. The van der Waals surface area contributed by atoms with E-state index < -0.39 is 0 Å². The number of nitrogens with one attached hydrogen (secondary N) is 1. The van der Waals surface area contributed by atoms with Gasteiger partial charge in [-0.3, -0.25) is 0 Å². The van der Waals surface area contributed by atoms with Gasteiger partial charge in [0.1, 0.15) is 5.82 Å². The summed E-state index contributed by atoms with van der Waals surface area (Å²) in [5, 5.41) is 13.0. The van der Waals surface area contributed by atoms with Crippen molar-refractivity contribution in [2.75, 3.05) is 6.61 Å². The highest BCUT2D eigenvalue weighted by molar-refractivity contribution is 9.10. The average Bonchev–Trinajstić information content (AvgIpc) is 2.36. The van der Waals surface area contributed by atoms with E-state index in [0.717, 1.165) is 35.7 Å². The molecule has 4 heteroatoms. The molecule has 0 bridgehead atoms. The average molecular weight is 316 g/mol. The standard InChI is InChI=1S/C14H19BrFNO/c15-12-6-11(7-13(16)8-12)9-17-14(10-18)4-2-1-3-5-14/h6-8,17-18H,1-5,9-10H2. The van der Waals surface area contributed by atoms with Gasteiger partial charge < -0.3 is 10.4 Å². The van der Waals surface area contributed by atoms with Gasteiger partial charge in [-0.15, -0.1) is 0 Å². The monoisotopic (exact) mass is 315 g/mol. The van der Waals surface area contributed by atoms with E-state index in [0.29, 0.717) is 6.54 Å². The van der Waals surface area contributed by atoms with E-state index in [2.05, 4.69) is 21.2 Å². The van der Waals surface area contributed by atoms with Crippen molar-refractivity contribution in [1.82, 2.24) is 5.32 Å². The zero-order chi connectivity index (χ0) is 13.0. The molecule has 1 aromatic carbocycles. The summed E-state index contributed by atoms with van der Waals surface area (Å²) >= 11 is 3.29. The molecule has 2 N–H and O–H groups in total. The van der Waals surface area contributed by atoms with E-state index in [4.69, 9.17) is 0 Å². The fourth-order valence-electron chi connectivity index (χ4n) is 2.62. The smallest absolute Gasteiger partial charge is 0.124 e. The molecule has 0 amide bonds. The fourth-order valence-corrected chi connectivity index (χ4v) is 3.13. The third kappa shape index (κ3) is 3.53. The van der Waals surface area contributed by atoms with Crippen LogP contribution in [0, 0.1) is 5.82 Å². The summed E-state index contributed by atoms with van der Waals surface area (Å²) in [4.78, 5) is 0. The number of aliphatic hydroxyl groups excluding tert-OH is 1. The maximum Gasteiger partial charge on any atom is 0.124 e. The Kier molecular flexibility index (Phi) is 4.76. The van der Waals surface area contributed by atoms with Gasteiger partial charge in [-0.2, -0.15) is 0 Å². The van der Waals surface area contributed by atoms with Crippen molar-refractivity contribution in [3.05, 3.63) is 34.1 Å². The van der Waals surface area contributed by atoms with Gasteiger partial charge in [0, 0.05) is 16.6 Å². The molecule has 0 saturated heterocycles. The Morgan fingerprint density at radius 1 is 1.22 bits per heavy atom. The zero-order valence-corrected chi connectivity index (χ0v) is 12.0. The number of hydrogen-bond acceptors (Lipinski definition) is 2. The third-order valence-corrected chi connectivity index (χ3v) is 4.16. The van der Waals surface area contributed by atoms with Crippen molar-refractivity contribution < 1.29 is 9.50 Å². The minimum Gasteiger partial charge on any atom is -0.394 e. The van der Waals surface area contributed by atoms with Crippen LogP contribution in [0.2, 0.25) is 0 Å². The summed E-state index contributed by atoms with van der Waals surface area (Å²) in [6.07, 6.45) is 5.55. The van der Waals surface area contributed by atoms with E-state index in [1.54, 1.807) is 0 Å². The van der Waals surface area contributed by atoms with Crippen molar-refractivity contribution in [3.63, 3.8) is 0 Å². The lowest BCUT2D eigenvalue weighted by atomic mass is 9.82. The van der Waals surface area contributed by atoms with Crippen molar-refractivity contribution >= 4 is 15.9 Å². The van der Waals surface area contributed by atoms with Crippen LogP contribution in [0.15, 0.2) is 22.7 Å². The van der Waals surface area contributed by atoms with Crippen LogP contribution in [0.4, 0.5) is 4.39 Å². The third-order valence-electron chi connectivity index (χ3n) is 3.70. The molecule has 1 aliphatic rings. The molecule has 1 fully saturated rings. The summed E-state index contributed by atoms with van der Waals surface area (Å²) in [5.74, 6) is -0.233. The molecule has 1 aromatic rings. The Morgan fingerprint density at radius 2 is 1.94 bits per heavy atom. The molecule has 0 aromatic heterocycles. The second-order valence-corrected chi connectivity index (χ2v) is 6.05. The number of hydrogen-bond donors (Lipinski definition) is 2. The molecule has 18 heavy (non-hydrogen) atoms. The Bertz CT molecular complexity index is 385. The minimum absolute atomic E-state index is 0.156. The summed E-state index contributed by atoms with van der Waals surface area (Å²) < 4.78 is 14.0. The lowest BCUT2D eigenvalue weighted by Gasteiger charge is -2.36. The van der Waals surface area contributed by atoms with Gasteiger partial charge >= 0.3 is 0 Å². The van der Waals surface area contributed by atoms with Gasteiger partial charge in [0.25, 0.3) is 0 Å². The van der Waals surface area contributed by atoms with Crippen LogP contribution >= 0.6 is 15.9 Å². The van der Waals surface area contributed by atoms with Crippen LogP contribution < -0.4 is 5.32 Å². The van der Waals surface area contributed by atoms with E-state index in [1.807, 2.05) is 6.07 Å². The quantitative estimate of drug-likeness (QED) is 0.892. The van der Waals surface area contributed by atoms with Crippen LogP contribution in [-0.4, -0.2) is 17.3 Å². The van der Waals surface area contributed by atoms with Gasteiger partial charge in [-0.05, 0) is 36.6 Å². The second kappa shape index (κ2) is 6.13. The Labute approximate surface area is 116 Å². The first-order valence-corrected chi connectivity index (χ1v) is 7.24. The van der Waals surface area contributed by atoms with Gasteiger partial charge in [-0.25, -0.2) is 4.39 Å². The zero-order valence-electron chi connectivity index (χ0n) is 10.4. The first-order valence-electron chi connectivity index (χ1n) is 6.44. The van der Waals surface area contributed by atoms with Crippen LogP contribution in [-0.2, 0) is 6.54 Å². The maximum absolute atomic E-state index is 13.3. The fraction of sp³-hybridized carbons (Fsp3) is 0.571. The van der Waals surface area contributed by atoms with Gasteiger partial charge in [0.2, 0.25) is 0 Å². The van der Waals surface area contributed by atoms with Crippen LogP contribution in [0.5, 0.6) is 0 Å². The Balaban J connectivity index is 2.00. The summed E-state index contributed by atoms with van der Waals surface area (Å²) in [6.45, 7) is 0.750. The van der Waals surface area contributed by atoms with Crippen LogP contribution in [0.1, 0.15) is 37.7 Å². The highest BCUT2D eigenvalue weighted by atomic mass is 79.9. The number of aliphatic hydroxyl groups is 1. The minimum atomic E-state index is -0.233. The first kappa shape index (κ1) is 14.0. The van der Waals surface area contributed by atoms with E-state index in [-0.39, 0.29) is 18.0 Å². The SMILES string of the molecule is OCC1(NCc2cc(F)cc(Br)c2)CCCCC1. The van der Waals surface area contributed by atoms with Crippen molar-refractivity contribution in [1.29, 1.82) is 0 Å². The van der Waals surface area contributed by atoms with Crippen molar-refractivity contribution in [2.45, 2.75) is 44.2 Å². The normalized spacial score (nSPS) is 18.8. The van der Waals surface area contributed by atoms with Crippen LogP contribution in [0.3, 0.4) is 0 Å². The molecule has 1 saturated carbocycles. The molecule has 0 atom stereocenters. The lowest BCUT2D eigenvalue weighted by Crippen LogP contribution is -2.49. The molecule has 0 heterocycles. The molecule has 0 radical (unpaired) electrons. The van der Waals surface area contributed by atoms with Crippen LogP contribution in [0.25, 0.3) is 0 Å². The highest BCUT2D eigenvalue weighted by Gasteiger charge is 2.30. The van der Waals surface area contributed by atoms with E-state index in [1.165, 1.54) is 18.6 Å². The molecule has 0 spiro atoms. The summed E-state index contributed by atoms with van der Waals surface area (Å²) in [6, 6.07) is 4.89. The Hall–Kier alpha value is -0.450. The molecule has 0 unspecified atom stereocenters. The van der Waals surface area contributed by atoms with Crippen molar-refractivity contribution in [2.24, 2.45) is 0 Å². The topological polar surface area (TPSA) is 32.3 Å². The largest absolute Gasteiger partial charge is 0.394 e. The van der Waals surface area contributed by atoms with Gasteiger partial charge in [-0.1, -0.05) is 35.2 Å². The predicted molar refractivity (Wildman–Crippen MR) is 73.8 cm³/mol. The van der Waals surface area contributed by atoms with E-state index >= 15 is 0 Å². The van der Waals surface area contributed by atoms with E-state index in [9.17, 15) is 9.50 Å². The molecule has 2 rings (SSSR count). The molecular weight excluding hydrogens is 297 g/mol. The predicted octanol–water partition coefficient (Wildman–Crippen LogP) is 3.37. The highest BCUT2D eigenvalue weighted by Crippen LogP contribution is 2.28. The molecule has 2 nitrogen and oxygen atoms in total.